The summed E-state index contributed by atoms with van der Waals surface area (Å²) >= 11 is 0. The average molecular weight is 278 g/mol. The maximum Gasteiger partial charge on any atom is 0.224 e. The molecule has 1 N–H and O–H groups in total. The molecule has 1 amide bonds. The Kier molecular flexibility index (Phi) is 4.32. The number of aryl methyl sites for hydroxylation is 1. The zero-order chi connectivity index (χ0) is 13.8. The fourth-order valence-electron chi connectivity index (χ4n) is 2.93. The Bertz CT molecular complexity index is 448. The smallest absolute Gasteiger partial charge is 0.224 e. The predicted molar refractivity (Wildman–Crippen MR) is 74.2 cm³/mol. The van der Waals surface area contributed by atoms with Gasteiger partial charge in [-0.3, -0.25) is 4.79 Å². The van der Waals surface area contributed by atoms with Gasteiger partial charge in [0.15, 0.2) is 0 Å². The number of hydrogen-bond donors (Lipinski definition) is 1. The van der Waals surface area contributed by atoms with Crippen LogP contribution in [0.25, 0.3) is 0 Å². The molecule has 0 bridgehead atoms. The van der Waals surface area contributed by atoms with Gasteiger partial charge in [-0.25, -0.2) is 4.98 Å². The van der Waals surface area contributed by atoms with Crippen LogP contribution >= 0.6 is 0 Å². The molecule has 2 fully saturated rings. The number of nitrogens with one attached hydrogen (secondary N) is 1. The minimum Gasteiger partial charge on any atom is -0.378 e. The SMILES string of the molecule is O=C(CCn1cncc1C1CCCN1)N1CCOCC1. The lowest BCUT2D eigenvalue weighted by atomic mass is 10.1. The Morgan fingerprint density at radius 2 is 2.30 bits per heavy atom. The van der Waals surface area contributed by atoms with Gasteiger partial charge in [-0.2, -0.15) is 0 Å². The van der Waals surface area contributed by atoms with E-state index in [-0.39, 0.29) is 5.91 Å². The summed E-state index contributed by atoms with van der Waals surface area (Å²) in [6.45, 7) is 4.55. The number of imidazole rings is 1. The third-order valence-electron chi connectivity index (χ3n) is 4.09. The van der Waals surface area contributed by atoms with Crippen molar-refractivity contribution in [2.45, 2.75) is 31.8 Å². The molecule has 0 radical (unpaired) electrons. The molecule has 2 aliphatic heterocycles. The van der Waals surface area contributed by atoms with Crippen LogP contribution in [-0.2, 0) is 16.1 Å². The van der Waals surface area contributed by atoms with Crippen molar-refractivity contribution in [2.75, 3.05) is 32.8 Å². The first-order valence-electron chi connectivity index (χ1n) is 7.43. The summed E-state index contributed by atoms with van der Waals surface area (Å²) in [5.41, 5.74) is 1.21. The summed E-state index contributed by atoms with van der Waals surface area (Å²) in [6.07, 6.45) is 6.66. The summed E-state index contributed by atoms with van der Waals surface area (Å²) in [5.74, 6) is 0.215. The van der Waals surface area contributed by atoms with Crippen LogP contribution in [0.2, 0.25) is 0 Å². The van der Waals surface area contributed by atoms with Crippen LogP contribution in [0.5, 0.6) is 0 Å². The van der Waals surface area contributed by atoms with E-state index in [1.807, 2.05) is 17.4 Å². The number of ether oxygens (including phenoxy) is 1. The van der Waals surface area contributed by atoms with E-state index in [1.165, 1.54) is 12.1 Å². The molecule has 1 aromatic rings. The molecule has 1 atom stereocenters. The molecule has 3 rings (SSSR count). The van der Waals surface area contributed by atoms with Crippen molar-refractivity contribution >= 4 is 5.91 Å². The standard InChI is InChI=1S/C14H22N4O2/c19-14(17-6-8-20-9-7-17)3-5-18-11-15-10-13(18)12-2-1-4-16-12/h10-12,16H,1-9H2. The van der Waals surface area contributed by atoms with Crippen molar-refractivity contribution in [3.63, 3.8) is 0 Å². The Labute approximate surface area is 119 Å². The number of rotatable bonds is 4. The van der Waals surface area contributed by atoms with Crippen LogP contribution in [0.1, 0.15) is 31.0 Å². The summed E-state index contributed by atoms with van der Waals surface area (Å²) < 4.78 is 7.38. The van der Waals surface area contributed by atoms with Crippen LogP contribution in [-0.4, -0.2) is 53.2 Å². The van der Waals surface area contributed by atoms with E-state index >= 15 is 0 Å². The van der Waals surface area contributed by atoms with Gasteiger partial charge in [-0.1, -0.05) is 0 Å². The van der Waals surface area contributed by atoms with Gasteiger partial charge in [0.25, 0.3) is 0 Å². The van der Waals surface area contributed by atoms with E-state index in [1.54, 1.807) is 0 Å². The second-order valence-corrected chi connectivity index (χ2v) is 5.40. The number of amides is 1. The van der Waals surface area contributed by atoms with Gasteiger partial charge in [0.1, 0.15) is 0 Å². The summed E-state index contributed by atoms with van der Waals surface area (Å²) in [7, 11) is 0. The highest BCUT2D eigenvalue weighted by atomic mass is 16.5. The lowest BCUT2D eigenvalue weighted by molar-refractivity contribution is -0.135. The van der Waals surface area contributed by atoms with E-state index in [9.17, 15) is 4.79 Å². The minimum absolute atomic E-state index is 0.215. The third-order valence-corrected chi connectivity index (χ3v) is 4.09. The zero-order valence-electron chi connectivity index (χ0n) is 11.8. The molecule has 1 aromatic heterocycles. The first-order valence-corrected chi connectivity index (χ1v) is 7.43. The number of nitrogens with zero attached hydrogens (tertiary/aromatic N) is 3. The topological polar surface area (TPSA) is 59.4 Å². The van der Waals surface area contributed by atoms with Crippen molar-refractivity contribution in [2.24, 2.45) is 0 Å². The summed E-state index contributed by atoms with van der Waals surface area (Å²) in [6, 6.07) is 0.399. The van der Waals surface area contributed by atoms with Crippen LogP contribution in [0.4, 0.5) is 0 Å². The van der Waals surface area contributed by atoms with E-state index in [0.29, 0.717) is 32.2 Å². The molecule has 110 valence electrons. The first-order chi connectivity index (χ1) is 9.84. The van der Waals surface area contributed by atoms with Crippen LogP contribution in [0.15, 0.2) is 12.5 Å². The molecule has 0 spiro atoms. The Hall–Kier alpha value is -1.40. The first kappa shape index (κ1) is 13.6. The van der Waals surface area contributed by atoms with Crippen LogP contribution < -0.4 is 5.32 Å². The highest BCUT2D eigenvalue weighted by Crippen LogP contribution is 2.22. The maximum absolute atomic E-state index is 12.1. The van der Waals surface area contributed by atoms with E-state index in [2.05, 4.69) is 14.9 Å². The normalized spacial score (nSPS) is 23.2. The van der Waals surface area contributed by atoms with Crippen molar-refractivity contribution in [3.05, 3.63) is 18.2 Å². The lowest BCUT2D eigenvalue weighted by Gasteiger charge is -2.27. The Morgan fingerprint density at radius 1 is 1.45 bits per heavy atom. The molecular formula is C14H22N4O2. The molecule has 20 heavy (non-hydrogen) atoms. The maximum atomic E-state index is 12.1. The second-order valence-electron chi connectivity index (χ2n) is 5.40. The number of hydrogen-bond acceptors (Lipinski definition) is 4. The van der Waals surface area contributed by atoms with Crippen molar-refractivity contribution in [3.8, 4) is 0 Å². The molecular weight excluding hydrogens is 256 g/mol. The molecule has 0 aromatic carbocycles. The van der Waals surface area contributed by atoms with Crippen molar-refractivity contribution < 1.29 is 9.53 Å². The lowest BCUT2D eigenvalue weighted by Crippen LogP contribution is -2.41. The van der Waals surface area contributed by atoms with E-state index in [4.69, 9.17) is 4.74 Å². The second kappa shape index (κ2) is 6.37. The highest BCUT2D eigenvalue weighted by Gasteiger charge is 2.21. The van der Waals surface area contributed by atoms with E-state index in [0.717, 1.165) is 26.1 Å². The predicted octanol–water partition coefficient (Wildman–Crippen LogP) is 0.556. The Balaban J connectivity index is 1.55. The number of carbonyl (C=O) groups is 1. The third kappa shape index (κ3) is 3.02. The molecule has 0 aliphatic carbocycles. The largest absolute Gasteiger partial charge is 0.378 e. The highest BCUT2D eigenvalue weighted by molar-refractivity contribution is 5.76. The molecule has 6 heteroatoms. The molecule has 1 unspecified atom stereocenters. The van der Waals surface area contributed by atoms with Crippen LogP contribution in [0.3, 0.4) is 0 Å². The van der Waals surface area contributed by atoms with Crippen molar-refractivity contribution in [1.29, 1.82) is 0 Å². The van der Waals surface area contributed by atoms with Gasteiger partial charge >= 0.3 is 0 Å². The van der Waals surface area contributed by atoms with Gasteiger partial charge in [0.05, 0.1) is 25.2 Å². The number of carbonyl (C=O) groups excluding carboxylic acids is 1. The van der Waals surface area contributed by atoms with Crippen molar-refractivity contribution in [1.82, 2.24) is 19.8 Å². The van der Waals surface area contributed by atoms with Crippen LogP contribution in [0, 0.1) is 0 Å². The molecule has 2 aliphatic rings. The zero-order valence-corrected chi connectivity index (χ0v) is 11.8. The average Bonchev–Trinajstić information content (AvgIpc) is 3.16. The van der Waals surface area contributed by atoms with Gasteiger partial charge in [-0.15, -0.1) is 0 Å². The summed E-state index contributed by atoms with van der Waals surface area (Å²) in [4.78, 5) is 18.3. The monoisotopic (exact) mass is 278 g/mol. The minimum atomic E-state index is 0.215. The number of aromatic nitrogens is 2. The molecule has 2 saturated heterocycles. The van der Waals surface area contributed by atoms with E-state index < -0.39 is 0 Å². The molecule has 3 heterocycles. The van der Waals surface area contributed by atoms with Gasteiger partial charge < -0.3 is 19.5 Å². The fraction of sp³-hybridized carbons (Fsp3) is 0.714. The number of morpholine rings is 1. The summed E-state index contributed by atoms with van der Waals surface area (Å²) in [5, 5.41) is 3.48. The fourth-order valence-corrected chi connectivity index (χ4v) is 2.93. The van der Waals surface area contributed by atoms with Gasteiger partial charge in [0, 0.05) is 38.3 Å². The van der Waals surface area contributed by atoms with Gasteiger partial charge in [-0.05, 0) is 19.4 Å². The molecule has 0 saturated carbocycles. The Morgan fingerprint density at radius 3 is 3.05 bits per heavy atom. The molecule has 6 nitrogen and oxygen atoms in total. The quantitative estimate of drug-likeness (QED) is 0.874. The van der Waals surface area contributed by atoms with Gasteiger partial charge in [0.2, 0.25) is 5.91 Å².